The zero-order valence-corrected chi connectivity index (χ0v) is 15.2. The number of carbonyl (C=O) groups is 1. The molecule has 142 valence electrons. The summed E-state index contributed by atoms with van der Waals surface area (Å²) >= 11 is 0. The number of pyridine rings is 1. The number of amides is 1. The molecule has 1 amide bonds. The summed E-state index contributed by atoms with van der Waals surface area (Å²) in [6, 6.07) is 3.97. The molecule has 2 aromatic rings. The molecule has 1 saturated carbocycles. The summed E-state index contributed by atoms with van der Waals surface area (Å²) in [6.07, 6.45) is 5.67. The highest BCUT2D eigenvalue weighted by molar-refractivity contribution is 5.81. The van der Waals surface area contributed by atoms with Gasteiger partial charge in [0.25, 0.3) is 5.91 Å². The van der Waals surface area contributed by atoms with E-state index in [0.717, 1.165) is 56.0 Å². The van der Waals surface area contributed by atoms with E-state index in [4.69, 9.17) is 9.26 Å². The Morgan fingerprint density at radius 1 is 1.11 bits per heavy atom. The van der Waals surface area contributed by atoms with E-state index in [1.165, 1.54) is 0 Å². The molecule has 0 bridgehead atoms. The molecule has 8 heteroatoms. The van der Waals surface area contributed by atoms with Crippen LogP contribution in [0.25, 0.3) is 11.4 Å². The maximum atomic E-state index is 12.4. The number of piperazine rings is 1. The highest BCUT2D eigenvalue weighted by atomic mass is 16.5. The van der Waals surface area contributed by atoms with E-state index in [9.17, 15) is 4.79 Å². The van der Waals surface area contributed by atoms with E-state index >= 15 is 0 Å². The standard InChI is InChI=1S/C19H23N5O3/c25-19(15-2-1-11-26-15)24-9-7-23(8-10-24)16-6-5-14(12-20-16)17-21-18(27-22-17)13-3-4-13/h5-6,12-13,15H,1-4,7-11H2. The summed E-state index contributed by atoms with van der Waals surface area (Å²) < 4.78 is 10.8. The topological polar surface area (TPSA) is 84.6 Å². The smallest absolute Gasteiger partial charge is 0.251 e. The number of hydrogen-bond acceptors (Lipinski definition) is 7. The van der Waals surface area contributed by atoms with E-state index in [0.29, 0.717) is 31.4 Å². The molecule has 1 unspecified atom stereocenters. The molecule has 0 aromatic carbocycles. The van der Waals surface area contributed by atoms with Gasteiger partial charge in [0.05, 0.1) is 0 Å². The normalized spacial score (nSPS) is 23.0. The summed E-state index contributed by atoms with van der Waals surface area (Å²) in [4.78, 5) is 25.6. The van der Waals surface area contributed by atoms with Gasteiger partial charge in [-0.15, -0.1) is 0 Å². The number of carbonyl (C=O) groups excluding carboxylic acids is 1. The Morgan fingerprint density at radius 2 is 1.96 bits per heavy atom. The van der Waals surface area contributed by atoms with Crippen LogP contribution >= 0.6 is 0 Å². The van der Waals surface area contributed by atoms with Crippen LogP contribution in [0, 0.1) is 0 Å². The number of rotatable bonds is 4. The highest BCUT2D eigenvalue weighted by Crippen LogP contribution is 2.39. The molecule has 2 saturated heterocycles. The van der Waals surface area contributed by atoms with Crippen LogP contribution in [0.3, 0.4) is 0 Å². The van der Waals surface area contributed by atoms with Crippen molar-refractivity contribution in [1.29, 1.82) is 0 Å². The van der Waals surface area contributed by atoms with Gasteiger partial charge < -0.3 is 19.1 Å². The van der Waals surface area contributed by atoms with Crippen molar-refractivity contribution in [2.75, 3.05) is 37.7 Å². The molecule has 0 radical (unpaired) electrons. The Hall–Kier alpha value is -2.48. The van der Waals surface area contributed by atoms with Crippen LogP contribution in [-0.4, -0.2) is 64.8 Å². The van der Waals surface area contributed by atoms with Crippen molar-refractivity contribution in [2.45, 2.75) is 37.7 Å². The van der Waals surface area contributed by atoms with Crippen LogP contribution in [0.5, 0.6) is 0 Å². The molecule has 5 rings (SSSR count). The van der Waals surface area contributed by atoms with Crippen LogP contribution in [0.2, 0.25) is 0 Å². The predicted molar refractivity (Wildman–Crippen MR) is 97.3 cm³/mol. The fraction of sp³-hybridized carbons (Fsp3) is 0.579. The SMILES string of the molecule is O=C(C1CCCO1)N1CCN(c2ccc(-c3noc(C4CC4)n3)cn2)CC1. The molecule has 3 aliphatic rings. The van der Waals surface area contributed by atoms with Gasteiger partial charge in [-0.2, -0.15) is 4.98 Å². The average Bonchev–Trinajstić information content (AvgIpc) is 3.22. The second kappa shape index (κ2) is 6.92. The lowest BCUT2D eigenvalue weighted by Crippen LogP contribution is -2.51. The van der Waals surface area contributed by atoms with Crippen LogP contribution in [-0.2, 0) is 9.53 Å². The van der Waals surface area contributed by atoms with Gasteiger partial charge >= 0.3 is 0 Å². The molecular formula is C19H23N5O3. The fourth-order valence-corrected chi connectivity index (χ4v) is 3.69. The van der Waals surface area contributed by atoms with Gasteiger partial charge in [-0.25, -0.2) is 4.98 Å². The first-order chi connectivity index (χ1) is 13.3. The monoisotopic (exact) mass is 369 g/mol. The van der Waals surface area contributed by atoms with Gasteiger partial charge in [0.15, 0.2) is 0 Å². The minimum Gasteiger partial charge on any atom is -0.368 e. The number of ether oxygens (including phenoxy) is 1. The Morgan fingerprint density at radius 3 is 2.63 bits per heavy atom. The lowest BCUT2D eigenvalue weighted by atomic mass is 10.2. The van der Waals surface area contributed by atoms with Crippen molar-refractivity contribution in [1.82, 2.24) is 20.0 Å². The molecule has 27 heavy (non-hydrogen) atoms. The van der Waals surface area contributed by atoms with Gasteiger partial charge in [-0.1, -0.05) is 5.16 Å². The summed E-state index contributed by atoms with van der Waals surface area (Å²) in [7, 11) is 0. The molecule has 2 aromatic heterocycles. The van der Waals surface area contributed by atoms with Crippen LogP contribution in [0.15, 0.2) is 22.9 Å². The third-order valence-electron chi connectivity index (χ3n) is 5.49. The molecule has 8 nitrogen and oxygen atoms in total. The largest absolute Gasteiger partial charge is 0.368 e. The Bertz CT molecular complexity index is 803. The summed E-state index contributed by atoms with van der Waals surface area (Å²) in [5, 5.41) is 4.06. The molecule has 0 spiro atoms. The molecule has 4 heterocycles. The first kappa shape index (κ1) is 16.7. The van der Waals surface area contributed by atoms with E-state index in [1.807, 2.05) is 17.0 Å². The number of hydrogen-bond donors (Lipinski definition) is 0. The Kier molecular flexibility index (Phi) is 4.27. The maximum Gasteiger partial charge on any atom is 0.251 e. The summed E-state index contributed by atoms with van der Waals surface area (Å²) in [6.45, 7) is 3.67. The molecule has 1 atom stereocenters. The number of nitrogens with zero attached hydrogens (tertiary/aromatic N) is 5. The third-order valence-corrected chi connectivity index (χ3v) is 5.49. The van der Waals surface area contributed by atoms with E-state index in [1.54, 1.807) is 6.20 Å². The molecule has 2 aliphatic heterocycles. The molecule has 1 aliphatic carbocycles. The van der Waals surface area contributed by atoms with Crippen LogP contribution in [0.1, 0.15) is 37.5 Å². The fourth-order valence-electron chi connectivity index (χ4n) is 3.69. The van der Waals surface area contributed by atoms with Crippen molar-refractivity contribution in [3.8, 4) is 11.4 Å². The van der Waals surface area contributed by atoms with E-state index in [2.05, 4.69) is 20.0 Å². The summed E-state index contributed by atoms with van der Waals surface area (Å²) in [5.41, 5.74) is 0.863. The molecule has 3 fully saturated rings. The van der Waals surface area contributed by atoms with Crippen molar-refractivity contribution in [2.24, 2.45) is 0 Å². The third kappa shape index (κ3) is 3.41. The summed E-state index contributed by atoms with van der Waals surface area (Å²) in [5.74, 6) is 2.84. The van der Waals surface area contributed by atoms with Crippen LogP contribution < -0.4 is 4.90 Å². The average molecular weight is 369 g/mol. The Labute approximate surface area is 157 Å². The van der Waals surface area contributed by atoms with Crippen molar-refractivity contribution < 1.29 is 14.1 Å². The zero-order valence-electron chi connectivity index (χ0n) is 15.2. The number of aromatic nitrogens is 3. The minimum atomic E-state index is -0.232. The maximum absolute atomic E-state index is 12.4. The van der Waals surface area contributed by atoms with E-state index < -0.39 is 0 Å². The van der Waals surface area contributed by atoms with Gasteiger partial charge in [-0.05, 0) is 37.8 Å². The first-order valence-electron chi connectivity index (χ1n) is 9.73. The predicted octanol–water partition coefficient (Wildman–Crippen LogP) is 1.84. The lowest BCUT2D eigenvalue weighted by Gasteiger charge is -2.36. The quantitative estimate of drug-likeness (QED) is 0.813. The van der Waals surface area contributed by atoms with Gasteiger partial charge in [0, 0.05) is 50.5 Å². The second-order valence-corrected chi connectivity index (χ2v) is 7.45. The first-order valence-corrected chi connectivity index (χ1v) is 9.73. The highest BCUT2D eigenvalue weighted by Gasteiger charge is 2.31. The van der Waals surface area contributed by atoms with Gasteiger partial charge in [-0.3, -0.25) is 4.79 Å². The second-order valence-electron chi connectivity index (χ2n) is 7.45. The molecular weight excluding hydrogens is 346 g/mol. The molecule has 0 N–H and O–H groups in total. The van der Waals surface area contributed by atoms with E-state index in [-0.39, 0.29) is 12.0 Å². The van der Waals surface area contributed by atoms with Gasteiger partial charge in [0.2, 0.25) is 11.7 Å². The minimum absolute atomic E-state index is 0.138. The number of anilines is 1. The van der Waals surface area contributed by atoms with Gasteiger partial charge in [0.1, 0.15) is 11.9 Å². The van der Waals surface area contributed by atoms with Crippen molar-refractivity contribution in [3.05, 3.63) is 24.2 Å². The van der Waals surface area contributed by atoms with Crippen molar-refractivity contribution >= 4 is 11.7 Å². The van der Waals surface area contributed by atoms with Crippen molar-refractivity contribution in [3.63, 3.8) is 0 Å². The lowest BCUT2D eigenvalue weighted by molar-refractivity contribution is -0.141. The zero-order chi connectivity index (χ0) is 18.2. The Balaban J connectivity index is 1.20. The van der Waals surface area contributed by atoms with Crippen LogP contribution in [0.4, 0.5) is 5.82 Å².